The molecular weight excluding hydrogens is 1190 g/mol. The average molecular weight is 1250 g/mol. The molecule has 460 valence electrons. The first kappa shape index (κ1) is 57.6. The lowest BCUT2D eigenvalue weighted by Crippen LogP contribution is -1.97. The van der Waals surface area contributed by atoms with E-state index < -0.39 is 0 Å². The van der Waals surface area contributed by atoms with Gasteiger partial charge in [0.05, 0.1) is 66.9 Å². The van der Waals surface area contributed by atoms with E-state index in [1.54, 1.807) is 0 Å². The molecule has 0 radical (unpaired) electrons. The van der Waals surface area contributed by atoms with E-state index >= 15 is 0 Å². The van der Waals surface area contributed by atoms with E-state index in [1.165, 1.54) is 0 Å². The van der Waals surface area contributed by atoms with Crippen LogP contribution < -0.4 is 0 Å². The maximum absolute atomic E-state index is 5.40. The van der Waals surface area contributed by atoms with Crippen LogP contribution in [0.15, 0.2) is 334 Å². The number of hydrogen-bond donors (Lipinski definition) is 0. The van der Waals surface area contributed by atoms with Gasteiger partial charge >= 0.3 is 0 Å². The lowest BCUT2D eigenvalue weighted by atomic mass is 9.95. The lowest BCUT2D eigenvalue weighted by Gasteiger charge is -2.14. The van der Waals surface area contributed by atoms with E-state index in [2.05, 4.69) is 313 Å². The summed E-state index contributed by atoms with van der Waals surface area (Å²) in [5.41, 5.74) is 23.9. The van der Waals surface area contributed by atoms with E-state index in [0.717, 1.165) is 190 Å². The van der Waals surface area contributed by atoms with Crippen molar-refractivity contribution in [2.45, 2.75) is 13.5 Å². The smallest absolute Gasteiger partial charge is 0.145 e. The van der Waals surface area contributed by atoms with Crippen LogP contribution in [0.2, 0.25) is 0 Å². The predicted molar refractivity (Wildman–Crippen MR) is 406 cm³/mol. The molecule has 19 rings (SSSR count). The number of imidazole rings is 2. The molecule has 0 N–H and O–H groups in total. The van der Waals surface area contributed by atoms with Gasteiger partial charge < -0.3 is 4.57 Å². The number of pyridine rings is 4. The molecule has 0 fully saturated rings. The first-order valence-corrected chi connectivity index (χ1v) is 33.3. The number of rotatable bonds is 10. The summed E-state index contributed by atoms with van der Waals surface area (Å²) < 4.78 is 4.53. The highest BCUT2D eigenvalue weighted by atomic mass is 15.1. The molecule has 0 saturated heterocycles. The molecule has 8 nitrogen and oxygen atoms in total. The van der Waals surface area contributed by atoms with Crippen LogP contribution in [0.1, 0.15) is 6.92 Å². The molecule has 0 amide bonds. The van der Waals surface area contributed by atoms with Gasteiger partial charge in [-0.2, -0.15) is 0 Å². The van der Waals surface area contributed by atoms with Crippen molar-refractivity contribution in [3.63, 3.8) is 0 Å². The fraction of sp³-hybridized carbons (Fsp3) is 0.0222. The highest BCUT2D eigenvalue weighted by molar-refractivity contribution is 6.22. The maximum Gasteiger partial charge on any atom is 0.145 e. The van der Waals surface area contributed by atoms with Crippen LogP contribution >= 0.6 is 0 Å². The van der Waals surface area contributed by atoms with Gasteiger partial charge in [0.1, 0.15) is 11.6 Å². The van der Waals surface area contributed by atoms with Gasteiger partial charge in [0, 0.05) is 77.9 Å². The van der Waals surface area contributed by atoms with Gasteiger partial charge in [0.15, 0.2) is 0 Å². The number of aromatic nitrogens is 8. The Bertz CT molecular complexity index is 6250. The molecule has 0 saturated carbocycles. The summed E-state index contributed by atoms with van der Waals surface area (Å²) in [7, 11) is 0. The topological polar surface area (TPSA) is 87.2 Å². The summed E-state index contributed by atoms with van der Waals surface area (Å²) in [6.45, 7) is 3.03. The molecule has 8 heteroatoms. The van der Waals surface area contributed by atoms with Crippen molar-refractivity contribution in [3.8, 4) is 95.7 Å². The Kier molecular flexibility index (Phi) is 14.3. The third-order valence-corrected chi connectivity index (χ3v) is 18.9. The van der Waals surface area contributed by atoms with Crippen molar-refractivity contribution >= 4 is 87.2 Å². The standard InChI is InChI=1S/C47H30N4.C43H30N4/c1-4-12-32(13-5-1)40-29-24-34-22-28-39-38-27-23-36(30-42(38)49-45(44(39)46(34)48-40)33-14-6-2-7-15-33)31-20-25-37(26-21-31)51-43-19-11-10-18-41(43)50-47(51)35-16-8-3-9-17-35;1-2-47-39-19-10-9-18-37(39)46-43(47)33-17-11-16-31(26-33)32-21-23-34-35-24-20-30-22-25-36(28-12-5-3-6-13-28)44-42(30)40(35)41(45-38(34)27-32)29-14-7-4-8-15-29/h1-30H;3-27H,2H2,1H3. The minimum absolute atomic E-state index is 0.853. The van der Waals surface area contributed by atoms with Crippen molar-refractivity contribution in [1.82, 2.24) is 39.0 Å². The molecule has 0 aliphatic heterocycles. The second-order valence-corrected chi connectivity index (χ2v) is 24.8. The fourth-order valence-electron chi connectivity index (χ4n) is 14.2. The SMILES string of the molecule is CCn1c(-c2cccc(-c3ccc4c(c3)nc(-c3ccccc3)c3c4ccc4ccc(-c5ccccc5)nc43)c2)nc2ccccc21.c1ccc(-c2ccc3ccc4c5ccc(-c6ccc(-n7c(-c8ccccc8)nc8ccccc87)cc6)cc5nc(-c5ccccc5)c4c3n2)cc1. The van der Waals surface area contributed by atoms with Crippen LogP contribution in [0.3, 0.4) is 0 Å². The largest absolute Gasteiger partial charge is 0.324 e. The Morgan fingerprint density at radius 1 is 0.255 bits per heavy atom. The summed E-state index contributed by atoms with van der Waals surface area (Å²) in [5, 5.41) is 8.86. The molecule has 0 aliphatic rings. The highest BCUT2D eigenvalue weighted by Gasteiger charge is 2.21. The Morgan fingerprint density at radius 3 is 1.18 bits per heavy atom. The molecule has 6 heterocycles. The van der Waals surface area contributed by atoms with Crippen LogP contribution in [0, 0.1) is 0 Å². The average Bonchev–Trinajstić information content (AvgIpc) is 0.824. The Labute approximate surface area is 565 Å². The molecule has 98 heavy (non-hydrogen) atoms. The highest BCUT2D eigenvalue weighted by Crippen LogP contribution is 2.42. The van der Waals surface area contributed by atoms with Crippen LogP contribution in [0.25, 0.3) is 183 Å². The zero-order valence-corrected chi connectivity index (χ0v) is 53.5. The molecule has 6 aromatic heterocycles. The van der Waals surface area contributed by atoms with Crippen molar-refractivity contribution in [1.29, 1.82) is 0 Å². The number of aryl methyl sites for hydroxylation is 1. The molecule has 0 spiro atoms. The fourth-order valence-corrected chi connectivity index (χ4v) is 14.2. The normalized spacial score (nSPS) is 11.6. The van der Waals surface area contributed by atoms with Crippen LogP contribution in [-0.4, -0.2) is 39.0 Å². The molecule has 13 aromatic carbocycles. The molecule has 19 aromatic rings. The second-order valence-electron chi connectivity index (χ2n) is 24.8. The van der Waals surface area contributed by atoms with Gasteiger partial charge in [0.2, 0.25) is 0 Å². The summed E-state index contributed by atoms with van der Waals surface area (Å²) in [4.78, 5) is 31.3. The summed E-state index contributed by atoms with van der Waals surface area (Å²) in [5.74, 6) is 1.92. The van der Waals surface area contributed by atoms with Gasteiger partial charge in [-0.05, 0) is 107 Å². The first-order valence-electron chi connectivity index (χ1n) is 33.3. The van der Waals surface area contributed by atoms with Crippen molar-refractivity contribution in [3.05, 3.63) is 334 Å². The van der Waals surface area contributed by atoms with Gasteiger partial charge in [-0.25, -0.2) is 29.9 Å². The van der Waals surface area contributed by atoms with Crippen LogP contribution in [0.5, 0.6) is 0 Å². The van der Waals surface area contributed by atoms with E-state index in [0.29, 0.717) is 0 Å². The minimum atomic E-state index is 0.853. The van der Waals surface area contributed by atoms with Crippen molar-refractivity contribution in [2.24, 2.45) is 0 Å². The molecule has 0 atom stereocenters. The van der Waals surface area contributed by atoms with Gasteiger partial charge in [-0.15, -0.1) is 0 Å². The first-order chi connectivity index (χ1) is 48.5. The second kappa shape index (κ2) is 24.4. The lowest BCUT2D eigenvalue weighted by molar-refractivity contribution is 0.796. The summed E-state index contributed by atoms with van der Waals surface area (Å²) in [6.07, 6.45) is 0. The van der Waals surface area contributed by atoms with Crippen molar-refractivity contribution < 1.29 is 0 Å². The number of hydrogen-bond acceptors (Lipinski definition) is 6. The summed E-state index contributed by atoms with van der Waals surface area (Å²) >= 11 is 0. The number of para-hydroxylation sites is 4. The van der Waals surface area contributed by atoms with Gasteiger partial charge in [-0.1, -0.05) is 267 Å². The zero-order valence-electron chi connectivity index (χ0n) is 53.5. The Balaban J connectivity index is 0.000000143. The molecule has 0 bridgehead atoms. The van der Waals surface area contributed by atoms with E-state index in [1.807, 2.05) is 36.4 Å². The zero-order chi connectivity index (χ0) is 65.0. The van der Waals surface area contributed by atoms with Crippen LogP contribution in [0.4, 0.5) is 0 Å². The third-order valence-electron chi connectivity index (χ3n) is 18.9. The number of benzene rings is 13. The summed E-state index contributed by atoms with van der Waals surface area (Å²) in [6, 6.07) is 117. The predicted octanol–water partition coefficient (Wildman–Crippen LogP) is 22.9. The molecule has 0 unspecified atom stereocenters. The monoisotopic (exact) mass is 1250 g/mol. The maximum atomic E-state index is 5.40. The Hall–Kier alpha value is -13.0. The van der Waals surface area contributed by atoms with E-state index in [-0.39, 0.29) is 0 Å². The number of nitrogens with zero attached hydrogens (tertiary/aromatic N) is 8. The van der Waals surface area contributed by atoms with Gasteiger partial charge in [0.25, 0.3) is 0 Å². The minimum Gasteiger partial charge on any atom is -0.324 e. The quantitative estimate of drug-likeness (QED) is 0.127. The Morgan fingerprint density at radius 2 is 0.653 bits per heavy atom. The van der Waals surface area contributed by atoms with E-state index in [4.69, 9.17) is 29.9 Å². The third kappa shape index (κ3) is 10.3. The molecule has 0 aliphatic carbocycles. The molecular formula is C90H60N8. The van der Waals surface area contributed by atoms with Crippen molar-refractivity contribution in [2.75, 3.05) is 0 Å². The number of fused-ring (bicyclic) bond motifs is 12. The van der Waals surface area contributed by atoms with E-state index in [9.17, 15) is 0 Å². The van der Waals surface area contributed by atoms with Crippen LogP contribution in [-0.2, 0) is 6.54 Å². The van der Waals surface area contributed by atoms with Gasteiger partial charge in [-0.3, -0.25) is 4.57 Å².